The minimum Gasteiger partial charge on any atom is -0.365 e. The normalized spacial score (nSPS) is 23.4. The molecule has 1 aromatic rings. The van der Waals surface area contributed by atoms with E-state index in [1.165, 1.54) is 12.1 Å². The van der Waals surface area contributed by atoms with Crippen LogP contribution < -0.4 is 10.2 Å². The van der Waals surface area contributed by atoms with E-state index in [4.69, 9.17) is 11.6 Å². The molecule has 1 aromatic carbocycles. The summed E-state index contributed by atoms with van der Waals surface area (Å²) in [5, 5.41) is 4.50. The zero-order chi connectivity index (χ0) is 14.7. The van der Waals surface area contributed by atoms with Crippen LogP contribution >= 0.6 is 27.5 Å². The van der Waals surface area contributed by atoms with Crippen molar-refractivity contribution in [3.63, 3.8) is 0 Å². The minimum absolute atomic E-state index is 0.535. The van der Waals surface area contributed by atoms with Gasteiger partial charge in [-0.1, -0.05) is 32.4 Å². The number of nitrogens with one attached hydrogen (secondary N) is 1. The SMILES string of the molecule is CCC1CNC(CC(C)C)CN1c1cc(Cl)ccc1Br. The van der Waals surface area contributed by atoms with Crippen molar-refractivity contribution >= 4 is 33.2 Å². The van der Waals surface area contributed by atoms with Crippen LogP contribution in [0.4, 0.5) is 5.69 Å². The topological polar surface area (TPSA) is 15.3 Å². The van der Waals surface area contributed by atoms with Gasteiger partial charge in [0.25, 0.3) is 0 Å². The largest absolute Gasteiger partial charge is 0.365 e. The highest BCUT2D eigenvalue weighted by Crippen LogP contribution is 2.32. The number of benzene rings is 1. The number of hydrogen-bond donors (Lipinski definition) is 1. The zero-order valence-corrected chi connectivity index (χ0v) is 14.8. The van der Waals surface area contributed by atoms with E-state index < -0.39 is 0 Å². The molecule has 1 heterocycles. The average Bonchev–Trinajstić information content (AvgIpc) is 2.41. The molecule has 4 heteroatoms. The lowest BCUT2D eigenvalue weighted by Crippen LogP contribution is -2.56. The third kappa shape index (κ3) is 3.90. The molecular formula is C16H24BrClN2. The van der Waals surface area contributed by atoms with Crippen molar-refractivity contribution in [2.45, 2.75) is 45.7 Å². The Kier molecular flexibility index (Phi) is 5.76. The van der Waals surface area contributed by atoms with Crippen molar-refractivity contribution in [2.24, 2.45) is 5.92 Å². The van der Waals surface area contributed by atoms with E-state index in [1.54, 1.807) is 0 Å². The maximum absolute atomic E-state index is 6.18. The van der Waals surface area contributed by atoms with E-state index in [0.29, 0.717) is 12.1 Å². The number of rotatable bonds is 4. The van der Waals surface area contributed by atoms with Gasteiger partial charge in [0.2, 0.25) is 0 Å². The summed E-state index contributed by atoms with van der Waals surface area (Å²) in [6, 6.07) is 7.15. The highest BCUT2D eigenvalue weighted by Gasteiger charge is 2.28. The molecule has 1 N–H and O–H groups in total. The number of nitrogens with zero attached hydrogens (tertiary/aromatic N) is 1. The molecule has 0 amide bonds. The molecule has 2 unspecified atom stereocenters. The number of halogens is 2. The van der Waals surface area contributed by atoms with Gasteiger partial charge in [-0.3, -0.25) is 0 Å². The molecule has 0 saturated carbocycles. The molecule has 1 fully saturated rings. The molecule has 2 rings (SSSR count). The van der Waals surface area contributed by atoms with Gasteiger partial charge >= 0.3 is 0 Å². The third-order valence-electron chi connectivity index (χ3n) is 3.94. The summed E-state index contributed by atoms with van der Waals surface area (Å²) < 4.78 is 1.13. The Balaban J connectivity index is 2.22. The van der Waals surface area contributed by atoms with Gasteiger partial charge in [-0.25, -0.2) is 0 Å². The van der Waals surface area contributed by atoms with Crippen LogP contribution in [0.5, 0.6) is 0 Å². The standard InChI is InChI=1S/C16H24BrClN2/c1-4-14-9-19-13(7-11(2)3)10-20(14)16-8-12(18)5-6-15(16)17/h5-6,8,11,13-14,19H,4,7,9-10H2,1-3H3. The maximum atomic E-state index is 6.18. The first-order chi connectivity index (χ1) is 9.51. The Morgan fingerprint density at radius 2 is 2.20 bits per heavy atom. The monoisotopic (exact) mass is 358 g/mol. The average molecular weight is 360 g/mol. The van der Waals surface area contributed by atoms with Crippen LogP contribution in [-0.4, -0.2) is 25.2 Å². The van der Waals surface area contributed by atoms with Gasteiger partial charge in [-0.15, -0.1) is 0 Å². The lowest BCUT2D eigenvalue weighted by Gasteiger charge is -2.42. The lowest BCUT2D eigenvalue weighted by molar-refractivity contribution is 0.343. The molecule has 2 atom stereocenters. The van der Waals surface area contributed by atoms with Crippen LogP contribution in [0.2, 0.25) is 5.02 Å². The first kappa shape index (κ1) is 16.1. The number of anilines is 1. The molecule has 0 aliphatic carbocycles. The van der Waals surface area contributed by atoms with Crippen LogP contribution in [0.1, 0.15) is 33.6 Å². The maximum Gasteiger partial charge on any atom is 0.0529 e. The molecule has 2 nitrogen and oxygen atoms in total. The quantitative estimate of drug-likeness (QED) is 0.838. The third-order valence-corrected chi connectivity index (χ3v) is 4.85. The van der Waals surface area contributed by atoms with E-state index >= 15 is 0 Å². The molecule has 0 radical (unpaired) electrons. The van der Waals surface area contributed by atoms with Gasteiger partial charge < -0.3 is 10.2 Å². The Hall–Kier alpha value is -0.250. The second-order valence-corrected chi connectivity index (χ2v) is 7.34. The Bertz CT molecular complexity index is 450. The highest BCUT2D eigenvalue weighted by atomic mass is 79.9. The molecule has 1 aliphatic heterocycles. The smallest absolute Gasteiger partial charge is 0.0529 e. The Labute approximate surface area is 136 Å². The minimum atomic E-state index is 0.535. The van der Waals surface area contributed by atoms with Crippen molar-refractivity contribution in [1.82, 2.24) is 5.32 Å². The Morgan fingerprint density at radius 1 is 1.45 bits per heavy atom. The summed E-state index contributed by atoms with van der Waals surface area (Å²) >= 11 is 9.86. The number of hydrogen-bond acceptors (Lipinski definition) is 2. The predicted molar refractivity (Wildman–Crippen MR) is 91.8 cm³/mol. The van der Waals surface area contributed by atoms with Gasteiger partial charge in [-0.2, -0.15) is 0 Å². The molecule has 112 valence electrons. The molecule has 0 aromatic heterocycles. The zero-order valence-electron chi connectivity index (χ0n) is 12.5. The molecule has 0 spiro atoms. The van der Waals surface area contributed by atoms with Crippen molar-refractivity contribution in [2.75, 3.05) is 18.0 Å². The summed E-state index contributed by atoms with van der Waals surface area (Å²) in [6.45, 7) is 8.92. The second kappa shape index (κ2) is 7.15. The van der Waals surface area contributed by atoms with E-state index in [-0.39, 0.29) is 0 Å². The van der Waals surface area contributed by atoms with Crippen molar-refractivity contribution in [1.29, 1.82) is 0 Å². The first-order valence-electron chi connectivity index (χ1n) is 7.46. The summed E-state index contributed by atoms with van der Waals surface area (Å²) in [5.74, 6) is 0.718. The van der Waals surface area contributed by atoms with Gasteiger partial charge in [0.15, 0.2) is 0 Å². The second-order valence-electron chi connectivity index (χ2n) is 6.04. The van der Waals surface area contributed by atoms with Crippen molar-refractivity contribution in [3.05, 3.63) is 27.7 Å². The summed E-state index contributed by atoms with van der Waals surface area (Å²) in [7, 11) is 0. The van der Waals surface area contributed by atoms with Gasteiger partial charge in [0.05, 0.1) is 5.69 Å². The number of piperazine rings is 1. The van der Waals surface area contributed by atoms with Gasteiger partial charge in [0.1, 0.15) is 0 Å². The van der Waals surface area contributed by atoms with E-state index in [1.807, 2.05) is 12.1 Å². The molecule has 0 bridgehead atoms. The highest BCUT2D eigenvalue weighted by molar-refractivity contribution is 9.10. The summed E-state index contributed by atoms with van der Waals surface area (Å²) in [4.78, 5) is 2.51. The van der Waals surface area contributed by atoms with Crippen LogP contribution in [0.25, 0.3) is 0 Å². The van der Waals surface area contributed by atoms with Crippen molar-refractivity contribution < 1.29 is 0 Å². The van der Waals surface area contributed by atoms with E-state index in [0.717, 1.165) is 34.9 Å². The van der Waals surface area contributed by atoms with E-state index in [2.05, 4.69) is 53.0 Å². The molecule has 20 heavy (non-hydrogen) atoms. The lowest BCUT2D eigenvalue weighted by atomic mass is 9.98. The van der Waals surface area contributed by atoms with Crippen LogP contribution in [0, 0.1) is 5.92 Å². The molecule has 1 saturated heterocycles. The Morgan fingerprint density at radius 3 is 2.85 bits per heavy atom. The van der Waals surface area contributed by atoms with E-state index in [9.17, 15) is 0 Å². The van der Waals surface area contributed by atoms with Gasteiger partial charge in [-0.05, 0) is 52.9 Å². The molecular weight excluding hydrogens is 336 g/mol. The fourth-order valence-electron chi connectivity index (χ4n) is 2.96. The molecule has 1 aliphatic rings. The fraction of sp³-hybridized carbons (Fsp3) is 0.625. The van der Waals surface area contributed by atoms with Crippen LogP contribution in [0.15, 0.2) is 22.7 Å². The van der Waals surface area contributed by atoms with Crippen molar-refractivity contribution in [3.8, 4) is 0 Å². The fourth-order valence-corrected chi connectivity index (χ4v) is 3.60. The summed E-state index contributed by atoms with van der Waals surface area (Å²) in [6.07, 6.45) is 2.35. The summed E-state index contributed by atoms with van der Waals surface area (Å²) in [5.41, 5.74) is 1.22. The predicted octanol–water partition coefficient (Wildman–Crippen LogP) is 4.71. The first-order valence-corrected chi connectivity index (χ1v) is 8.63. The van der Waals surface area contributed by atoms with Crippen LogP contribution in [-0.2, 0) is 0 Å². The van der Waals surface area contributed by atoms with Crippen LogP contribution in [0.3, 0.4) is 0 Å². The van der Waals surface area contributed by atoms with Gasteiger partial charge in [0, 0.05) is 34.7 Å².